The number of para-hydroxylation sites is 1. The summed E-state index contributed by atoms with van der Waals surface area (Å²) in [6.45, 7) is 0.506. The lowest BCUT2D eigenvalue weighted by Crippen LogP contribution is -2.58. The van der Waals surface area contributed by atoms with Crippen molar-refractivity contribution < 1.29 is 34.2 Å². The summed E-state index contributed by atoms with van der Waals surface area (Å²) in [5.41, 5.74) is 12.1. The number of carboxylic acid groups (broad SMARTS) is 1. The minimum Gasteiger partial charge on any atom is -0.480 e. The number of aliphatic hydroxyl groups excluding tert-OH is 1. The van der Waals surface area contributed by atoms with Gasteiger partial charge in [0.05, 0.1) is 19.1 Å². The van der Waals surface area contributed by atoms with Gasteiger partial charge in [-0.15, -0.1) is 0 Å². The zero-order chi connectivity index (χ0) is 25.4. The maximum absolute atomic E-state index is 12.9. The molecule has 10 N–H and O–H groups in total. The van der Waals surface area contributed by atoms with Crippen LogP contribution in [0.4, 0.5) is 0 Å². The zero-order valence-corrected chi connectivity index (χ0v) is 18.4. The van der Waals surface area contributed by atoms with E-state index in [1.807, 2.05) is 12.1 Å². The van der Waals surface area contributed by atoms with E-state index in [1.54, 1.807) is 18.3 Å². The van der Waals surface area contributed by atoms with E-state index in [-0.39, 0.29) is 6.42 Å². The van der Waals surface area contributed by atoms with Crippen molar-refractivity contribution in [3.05, 3.63) is 36.0 Å². The van der Waals surface area contributed by atoms with Gasteiger partial charge in [-0.2, -0.15) is 0 Å². The first-order valence-corrected chi connectivity index (χ1v) is 10.4. The van der Waals surface area contributed by atoms with Crippen molar-refractivity contribution in [3.63, 3.8) is 0 Å². The molecule has 4 unspecified atom stereocenters. The molecule has 0 saturated heterocycles. The van der Waals surface area contributed by atoms with Gasteiger partial charge in [-0.1, -0.05) is 18.2 Å². The van der Waals surface area contributed by atoms with Crippen LogP contribution in [0.1, 0.15) is 18.9 Å². The predicted octanol–water partition coefficient (Wildman–Crippen LogP) is -2.54. The first kappa shape index (κ1) is 26.3. The second-order valence-electron chi connectivity index (χ2n) is 7.73. The fourth-order valence-electron chi connectivity index (χ4n) is 3.17. The lowest BCUT2D eigenvalue weighted by molar-refractivity contribution is -0.143. The Morgan fingerprint density at radius 2 is 1.56 bits per heavy atom. The van der Waals surface area contributed by atoms with Gasteiger partial charge in [-0.05, 0) is 18.6 Å². The number of H-pyrrole nitrogens is 1. The molecule has 1 aromatic heterocycles. The molecular weight excluding hydrogens is 448 g/mol. The maximum atomic E-state index is 12.9. The molecule has 0 aliphatic heterocycles. The highest BCUT2D eigenvalue weighted by molar-refractivity contribution is 5.96. The Morgan fingerprint density at radius 3 is 2.15 bits per heavy atom. The molecule has 34 heavy (non-hydrogen) atoms. The van der Waals surface area contributed by atoms with Crippen molar-refractivity contribution in [1.82, 2.24) is 20.9 Å². The van der Waals surface area contributed by atoms with Gasteiger partial charge >= 0.3 is 5.97 Å². The number of aromatic amines is 1. The van der Waals surface area contributed by atoms with Crippen LogP contribution in [0.15, 0.2) is 30.5 Å². The fraction of sp³-hybridized carbons (Fsp3) is 0.381. The van der Waals surface area contributed by atoms with Crippen molar-refractivity contribution in [3.8, 4) is 0 Å². The van der Waals surface area contributed by atoms with Crippen LogP contribution in [-0.4, -0.2) is 75.6 Å². The summed E-state index contributed by atoms with van der Waals surface area (Å²) in [6.07, 6.45) is 1.01. The molecule has 13 nitrogen and oxygen atoms in total. The third kappa shape index (κ3) is 7.02. The number of benzene rings is 1. The van der Waals surface area contributed by atoms with E-state index in [9.17, 15) is 29.1 Å². The molecule has 0 aliphatic rings. The molecule has 4 atom stereocenters. The Morgan fingerprint density at radius 1 is 0.971 bits per heavy atom. The summed E-state index contributed by atoms with van der Waals surface area (Å²) in [7, 11) is 0. The summed E-state index contributed by atoms with van der Waals surface area (Å²) in [5.74, 6) is -4.86. The molecule has 0 fully saturated rings. The van der Waals surface area contributed by atoms with Gasteiger partial charge in [0.25, 0.3) is 0 Å². The van der Waals surface area contributed by atoms with Crippen LogP contribution >= 0.6 is 0 Å². The molecule has 2 aromatic rings. The molecular formula is C21H28N6O7. The molecule has 0 radical (unpaired) electrons. The molecule has 1 aromatic carbocycles. The van der Waals surface area contributed by atoms with Gasteiger partial charge in [0, 0.05) is 23.5 Å². The van der Waals surface area contributed by atoms with E-state index in [1.165, 1.54) is 6.92 Å². The van der Waals surface area contributed by atoms with Gasteiger partial charge in [0.1, 0.15) is 18.1 Å². The quantitative estimate of drug-likeness (QED) is 0.162. The molecule has 0 spiro atoms. The summed E-state index contributed by atoms with van der Waals surface area (Å²) in [5, 5.41) is 26.1. The smallest absolute Gasteiger partial charge is 0.328 e. The van der Waals surface area contributed by atoms with E-state index in [4.69, 9.17) is 16.6 Å². The van der Waals surface area contributed by atoms with E-state index in [2.05, 4.69) is 20.9 Å². The third-order valence-electron chi connectivity index (χ3n) is 4.98. The van der Waals surface area contributed by atoms with Crippen LogP contribution in [0.25, 0.3) is 10.9 Å². The van der Waals surface area contributed by atoms with E-state index < -0.39 is 66.8 Å². The SMILES string of the molecule is CC(N)C(=O)NC(CC(N)=O)C(=O)NC(Cc1c[nH]c2ccccc12)C(=O)NC(CO)C(=O)O. The van der Waals surface area contributed by atoms with Crippen LogP contribution in [0.2, 0.25) is 0 Å². The van der Waals surface area contributed by atoms with Crippen LogP contribution in [0, 0.1) is 0 Å². The topological polar surface area (TPSA) is 230 Å². The monoisotopic (exact) mass is 476 g/mol. The predicted molar refractivity (Wildman–Crippen MR) is 120 cm³/mol. The Bertz CT molecular complexity index is 1070. The van der Waals surface area contributed by atoms with Gasteiger partial charge in [0.2, 0.25) is 23.6 Å². The number of nitrogens with two attached hydrogens (primary N) is 2. The van der Waals surface area contributed by atoms with E-state index in [0.29, 0.717) is 5.56 Å². The second-order valence-corrected chi connectivity index (χ2v) is 7.73. The van der Waals surface area contributed by atoms with Crippen LogP contribution < -0.4 is 27.4 Å². The number of carbonyl (C=O) groups excluding carboxylic acids is 4. The van der Waals surface area contributed by atoms with Gasteiger partial charge in [-0.3, -0.25) is 19.2 Å². The number of primary amides is 1. The highest BCUT2D eigenvalue weighted by atomic mass is 16.4. The average molecular weight is 476 g/mol. The molecule has 0 bridgehead atoms. The Hall–Kier alpha value is -3.97. The third-order valence-corrected chi connectivity index (χ3v) is 4.98. The van der Waals surface area contributed by atoms with Gasteiger partial charge in [0.15, 0.2) is 0 Å². The molecule has 1 heterocycles. The minimum absolute atomic E-state index is 0.0656. The van der Waals surface area contributed by atoms with Crippen LogP contribution in [-0.2, 0) is 30.4 Å². The molecule has 4 amide bonds. The molecule has 2 rings (SSSR count). The van der Waals surface area contributed by atoms with E-state index >= 15 is 0 Å². The number of rotatable bonds is 12. The lowest BCUT2D eigenvalue weighted by Gasteiger charge is -2.24. The first-order chi connectivity index (χ1) is 16.0. The number of aromatic nitrogens is 1. The van der Waals surface area contributed by atoms with Crippen LogP contribution in [0.5, 0.6) is 0 Å². The number of nitrogens with one attached hydrogen (secondary N) is 4. The number of aliphatic hydroxyl groups is 1. The van der Waals surface area contributed by atoms with Crippen molar-refractivity contribution in [1.29, 1.82) is 0 Å². The Labute approximate surface area is 194 Å². The van der Waals surface area contributed by atoms with Crippen molar-refractivity contribution >= 4 is 40.5 Å². The molecule has 0 saturated carbocycles. The van der Waals surface area contributed by atoms with Gasteiger partial charge < -0.3 is 42.6 Å². The van der Waals surface area contributed by atoms with E-state index in [0.717, 1.165) is 10.9 Å². The van der Waals surface area contributed by atoms with Crippen molar-refractivity contribution in [2.75, 3.05) is 6.61 Å². The minimum atomic E-state index is -1.60. The Balaban J connectivity index is 2.31. The highest BCUT2D eigenvalue weighted by Crippen LogP contribution is 2.19. The molecule has 13 heteroatoms. The number of hydrogen-bond acceptors (Lipinski definition) is 7. The highest BCUT2D eigenvalue weighted by Gasteiger charge is 2.31. The molecule has 0 aliphatic carbocycles. The molecule has 184 valence electrons. The van der Waals surface area contributed by atoms with Crippen LogP contribution in [0.3, 0.4) is 0 Å². The van der Waals surface area contributed by atoms with Crippen molar-refractivity contribution in [2.24, 2.45) is 11.5 Å². The summed E-state index contributed by atoms with van der Waals surface area (Å²) < 4.78 is 0. The Kier molecular flexibility index (Phi) is 9.10. The average Bonchev–Trinajstić information content (AvgIpc) is 3.18. The number of fused-ring (bicyclic) bond motifs is 1. The normalized spacial score (nSPS) is 14.4. The number of carboxylic acids is 1. The number of hydrogen-bond donors (Lipinski definition) is 8. The fourth-order valence-corrected chi connectivity index (χ4v) is 3.17. The number of carbonyl (C=O) groups is 5. The lowest BCUT2D eigenvalue weighted by atomic mass is 10.0. The standard InChI is InChI=1S/C21H28N6O7/c1-10(22)18(30)25-15(7-17(23)29)20(32)26-14(19(31)27-16(9-28)21(33)34)6-11-8-24-13-5-3-2-4-12(11)13/h2-5,8,10,14-16,24,28H,6-7,9,22H2,1H3,(H2,23,29)(H,25,30)(H,26,32)(H,27,31)(H,33,34). The zero-order valence-electron chi connectivity index (χ0n) is 18.4. The number of amides is 4. The maximum Gasteiger partial charge on any atom is 0.328 e. The van der Waals surface area contributed by atoms with Crippen molar-refractivity contribution in [2.45, 2.75) is 43.9 Å². The first-order valence-electron chi connectivity index (χ1n) is 10.4. The summed E-state index contributed by atoms with van der Waals surface area (Å²) >= 11 is 0. The van der Waals surface area contributed by atoms with Gasteiger partial charge in [-0.25, -0.2) is 4.79 Å². The second kappa shape index (κ2) is 11.8. The number of aliphatic carboxylic acids is 1. The summed E-state index contributed by atoms with van der Waals surface area (Å²) in [6, 6.07) is 1.89. The summed E-state index contributed by atoms with van der Waals surface area (Å²) in [4.78, 5) is 63.5. The largest absolute Gasteiger partial charge is 0.480 e.